The molecule has 1 aliphatic rings. The first-order valence-electron chi connectivity index (χ1n) is 7.13. The summed E-state index contributed by atoms with van der Waals surface area (Å²) in [5, 5.41) is 0. The molecule has 2 rings (SSSR count). The zero-order valence-corrected chi connectivity index (χ0v) is 12.4. The van der Waals surface area contributed by atoms with Gasteiger partial charge < -0.3 is 15.4 Å². The van der Waals surface area contributed by atoms with E-state index in [0.29, 0.717) is 0 Å². The number of rotatable bonds is 5. The van der Waals surface area contributed by atoms with Crippen molar-refractivity contribution in [2.75, 3.05) is 27.7 Å². The number of benzene rings is 1. The molecule has 0 atom stereocenters. The van der Waals surface area contributed by atoms with Crippen LogP contribution < -0.4 is 10.5 Å². The normalized spacial score (nSPS) is 17.9. The highest BCUT2D eigenvalue weighted by atomic mass is 16.5. The van der Waals surface area contributed by atoms with Gasteiger partial charge in [-0.15, -0.1) is 0 Å². The molecular weight excluding hydrogens is 236 g/mol. The van der Waals surface area contributed by atoms with Gasteiger partial charge in [-0.2, -0.15) is 0 Å². The van der Waals surface area contributed by atoms with Gasteiger partial charge in [-0.05, 0) is 38.6 Å². The Balaban J connectivity index is 2.36. The van der Waals surface area contributed by atoms with E-state index in [9.17, 15) is 0 Å². The maximum absolute atomic E-state index is 6.08. The Morgan fingerprint density at radius 2 is 1.95 bits per heavy atom. The molecular formula is C16H26N2O. The van der Waals surface area contributed by atoms with E-state index in [2.05, 4.69) is 37.2 Å². The average molecular weight is 262 g/mol. The summed E-state index contributed by atoms with van der Waals surface area (Å²) >= 11 is 0. The van der Waals surface area contributed by atoms with Gasteiger partial charge in [0.25, 0.3) is 0 Å². The first-order valence-corrected chi connectivity index (χ1v) is 7.13. The average Bonchev–Trinajstić information content (AvgIpc) is 2.88. The van der Waals surface area contributed by atoms with Crippen LogP contribution in [0, 0.1) is 0 Å². The molecule has 2 N–H and O–H groups in total. The topological polar surface area (TPSA) is 38.5 Å². The third-order valence-corrected chi connectivity index (χ3v) is 4.33. The van der Waals surface area contributed by atoms with Gasteiger partial charge in [-0.1, -0.05) is 25.0 Å². The van der Waals surface area contributed by atoms with E-state index < -0.39 is 0 Å². The van der Waals surface area contributed by atoms with E-state index in [4.69, 9.17) is 10.5 Å². The van der Waals surface area contributed by atoms with Crippen molar-refractivity contribution >= 4 is 0 Å². The summed E-state index contributed by atoms with van der Waals surface area (Å²) in [7, 11) is 5.91. The zero-order chi connectivity index (χ0) is 13.9. The first kappa shape index (κ1) is 14.4. The highest BCUT2D eigenvalue weighted by Crippen LogP contribution is 2.41. The van der Waals surface area contributed by atoms with Crippen molar-refractivity contribution in [3.63, 3.8) is 0 Å². The SMILES string of the molecule is COc1ccc(C2(CN)CCCC2)cc1CN(C)C. The van der Waals surface area contributed by atoms with Crippen molar-refractivity contribution in [1.29, 1.82) is 0 Å². The quantitative estimate of drug-likeness (QED) is 0.886. The Morgan fingerprint density at radius 3 is 2.47 bits per heavy atom. The van der Waals surface area contributed by atoms with Gasteiger partial charge in [0.05, 0.1) is 7.11 Å². The lowest BCUT2D eigenvalue weighted by atomic mass is 9.78. The maximum atomic E-state index is 6.08. The standard InChI is InChI=1S/C16H26N2O/c1-18(2)11-13-10-14(6-7-15(13)19-3)16(12-17)8-4-5-9-16/h6-7,10H,4-5,8-9,11-12,17H2,1-3H3. The van der Waals surface area contributed by atoms with E-state index in [1.807, 2.05) is 0 Å². The molecule has 0 heterocycles. The van der Waals surface area contributed by atoms with Crippen molar-refractivity contribution in [3.8, 4) is 5.75 Å². The lowest BCUT2D eigenvalue weighted by Gasteiger charge is -2.29. The molecule has 0 bridgehead atoms. The Hall–Kier alpha value is -1.06. The van der Waals surface area contributed by atoms with Crippen LogP contribution in [0.1, 0.15) is 36.8 Å². The molecule has 3 nitrogen and oxygen atoms in total. The molecule has 0 saturated heterocycles. The Bertz CT molecular complexity index is 423. The predicted octanol–water partition coefficient (Wildman–Crippen LogP) is 2.53. The second kappa shape index (κ2) is 5.93. The second-order valence-corrected chi connectivity index (χ2v) is 5.96. The highest BCUT2D eigenvalue weighted by Gasteiger charge is 2.34. The maximum Gasteiger partial charge on any atom is 0.123 e. The third-order valence-electron chi connectivity index (χ3n) is 4.33. The van der Waals surface area contributed by atoms with E-state index in [1.165, 1.54) is 36.8 Å². The summed E-state index contributed by atoms with van der Waals surface area (Å²) in [5.41, 5.74) is 8.93. The van der Waals surface area contributed by atoms with Gasteiger partial charge in [-0.25, -0.2) is 0 Å². The number of ether oxygens (including phenoxy) is 1. The summed E-state index contributed by atoms with van der Waals surface area (Å²) in [5.74, 6) is 0.975. The van der Waals surface area contributed by atoms with E-state index >= 15 is 0 Å². The van der Waals surface area contributed by atoms with Crippen LogP contribution in [0.5, 0.6) is 5.75 Å². The molecule has 3 heteroatoms. The van der Waals surface area contributed by atoms with Crippen LogP contribution in [0.3, 0.4) is 0 Å². The fourth-order valence-electron chi connectivity index (χ4n) is 3.24. The summed E-state index contributed by atoms with van der Waals surface area (Å²) in [6.07, 6.45) is 5.03. The van der Waals surface area contributed by atoms with Crippen LogP contribution in [-0.2, 0) is 12.0 Å². The molecule has 0 amide bonds. The van der Waals surface area contributed by atoms with Gasteiger partial charge in [-0.3, -0.25) is 0 Å². The van der Waals surface area contributed by atoms with Crippen LogP contribution >= 0.6 is 0 Å². The number of methoxy groups -OCH3 is 1. The van der Waals surface area contributed by atoms with E-state index in [1.54, 1.807) is 7.11 Å². The Morgan fingerprint density at radius 1 is 1.26 bits per heavy atom. The van der Waals surface area contributed by atoms with Gasteiger partial charge in [0, 0.05) is 24.1 Å². The Labute approximate surface area is 116 Å². The molecule has 106 valence electrons. The van der Waals surface area contributed by atoms with Crippen molar-refractivity contribution < 1.29 is 4.74 Å². The molecule has 1 fully saturated rings. The number of hydrogen-bond acceptors (Lipinski definition) is 3. The van der Waals surface area contributed by atoms with Crippen LogP contribution in [0.25, 0.3) is 0 Å². The van der Waals surface area contributed by atoms with Crippen LogP contribution in [0.4, 0.5) is 0 Å². The van der Waals surface area contributed by atoms with Gasteiger partial charge in [0.15, 0.2) is 0 Å². The smallest absolute Gasteiger partial charge is 0.123 e. The first-order chi connectivity index (χ1) is 9.11. The summed E-state index contributed by atoms with van der Waals surface area (Å²) in [4.78, 5) is 2.17. The fourth-order valence-corrected chi connectivity index (χ4v) is 3.24. The van der Waals surface area contributed by atoms with Crippen LogP contribution in [-0.4, -0.2) is 32.6 Å². The van der Waals surface area contributed by atoms with Gasteiger partial charge in [0.2, 0.25) is 0 Å². The number of nitrogens with two attached hydrogens (primary N) is 1. The second-order valence-electron chi connectivity index (χ2n) is 5.96. The minimum absolute atomic E-state index is 0.202. The molecule has 0 spiro atoms. The molecule has 0 radical (unpaired) electrons. The van der Waals surface area contributed by atoms with Crippen LogP contribution in [0.2, 0.25) is 0 Å². The predicted molar refractivity (Wildman–Crippen MR) is 79.6 cm³/mol. The zero-order valence-electron chi connectivity index (χ0n) is 12.4. The molecule has 1 aliphatic carbocycles. The third kappa shape index (κ3) is 2.93. The summed E-state index contributed by atoms with van der Waals surface area (Å²) in [6.45, 7) is 1.65. The highest BCUT2D eigenvalue weighted by molar-refractivity contribution is 5.41. The fraction of sp³-hybridized carbons (Fsp3) is 0.625. The monoisotopic (exact) mass is 262 g/mol. The lowest BCUT2D eigenvalue weighted by Crippen LogP contribution is -2.32. The molecule has 1 aromatic rings. The molecule has 19 heavy (non-hydrogen) atoms. The largest absolute Gasteiger partial charge is 0.496 e. The van der Waals surface area contributed by atoms with Crippen molar-refractivity contribution in [1.82, 2.24) is 4.90 Å². The Kier molecular flexibility index (Phi) is 4.48. The minimum Gasteiger partial charge on any atom is -0.496 e. The number of hydrogen-bond donors (Lipinski definition) is 1. The van der Waals surface area contributed by atoms with Gasteiger partial charge in [0.1, 0.15) is 5.75 Å². The van der Waals surface area contributed by atoms with Crippen molar-refractivity contribution in [2.24, 2.45) is 5.73 Å². The van der Waals surface area contributed by atoms with Crippen molar-refractivity contribution in [2.45, 2.75) is 37.6 Å². The molecule has 1 aromatic carbocycles. The molecule has 0 aromatic heterocycles. The summed E-state index contributed by atoms with van der Waals surface area (Å²) in [6, 6.07) is 6.61. The lowest BCUT2D eigenvalue weighted by molar-refractivity contribution is 0.370. The number of nitrogens with zero attached hydrogens (tertiary/aromatic N) is 1. The molecule has 0 unspecified atom stereocenters. The van der Waals surface area contributed by atoms with Crippen molar-refractivity contribution in [3.05, 3.63) is 29.3 Å². The van der Waals surface area contributed by atoms with Crippen LogP contribution in [0.15, 0.2) is 18.2 Å². The molecule has 0 aliphatic heterocycles. The minimum atomic E-state index is 0.202. The van der Waals surface area contributed by atoms with E-state index in [-0.39, 0.29) is 5.41 Å². The molecule has 1 saturated carbocycles. The van der Waals surface area contributed by atoms with E-state index in [0.717, 1.165) is 18.8 Å². The summed E-state index contributed by atoms with van der Waals surface area (Å²) < 4.78 is 5.47. The van der Waals surface area contributed by atoms with Gasteiger partial charge >= 0.3 is 0 Å².